The standard InChI is InChI=1S/C16H15BrClFN2O2S/c1-15(2,3)24(22)21-14-10-6-9(17)4-5-12(10)23-13-8-20-16(18,19)7-11(13)14/h4-8,20H,1-3H3. The molecular weight excluding hydrogens is 419 g/mol. The van der Waals surface area contributed by atoms with Crippen LogP contribution in [-0.2, 0) is 11.4 Å². The topological polar surface area (TPSA) is 60.6 Å². The maximum absolute atomic E-state index is 14.2. The summed E-state index contributed by atoms with van der Waals surface area (Å²) in [6.45, 7) is 5.47. The van der Waals surface area contributed by atoms with Gasteiger partial charge in [0.2, 0.25) is 0 Å². The molecule has 0 amide bonds. The number of rotatable bonds is 1. The number of benzene rings is 1. The van der Waals surface area contributed by atoms with Crippen LogP contribution in [0.2, 0.25) is 0 Å². The number of alkyl halides is 2. The lowest BCUT2D eigenvalue weighted by atomic mass is 10.2. The number of halogens is 3. The molecule has 2 aromatic rings. The van der Waals surface area contributed by atoms with E-state index in [0.29, 0.717) is 27.0 Å². The molecule has 2 unspecified atom stereocenters. The van der Waals surface area contributed by atoms with Gasteiger partial charge in [-0.2, -0.15) is 4.39 Å². The lowest BCUT2D eigenvalue weighted by molar-refractivity contribution is 0.336. The van der Waals surface area contributed by atoms with Gasteiger partial charge in [0.05, 0.1) is 5.22 Å². The van der Waals surface area contributed by atoms with Gasteiger partial charge in [-0.15, -0.1) is 0 Å². The Morgan fingerprint density at radius 1 is 1.42 bits per heavy atom. The lowest BCUT2D eigenvalue weighted by Gasteiger charge is -2.19. The zero-order valence-corrected chi connectivity index (χ0v) is 16.4. The Balaban J connectivity index is 2.49. The van der Waals surface area contributed by atoms with Crippen LogP contribution in [0.1, 0.15) is 20.8 Å². The van der Waals surface area contributed by atoms with Crippen molar-refractivity contribution in [2.24, 2.45) is 4.40 Å². The average Bonchev–Trinajstić information content (AvgIpc) is 2.46. The van der Waals surface area contributed by atoms with Gasteiger partial charge in [-0.3, -0.25) is 0 Å². The van der Waals surface area contributed by atoms with Crippen LogP contribution >= 0.6 is 27.5 Å². The van der Waals surface area contributed by atoms with Crippen LogP contribution in [0, 0.1) is 0 Å². The molecule has 1 aromatic carbocycles. The molecule has 128 valence electrons. The molecule has 3 rings (SSSR count). The Hall–Kier alpha value is -1.02. The van der Waals surface area contributed by atoms with Gasteiger partial charge in [0, 0.05) is 22.1 Å². The Kier molecular flexibility index (Phi) is 4.49. The Bertz CT molecular complexity index is 998. The minimum Gasteiger partial charge on any atom is -0.591 e. The normalized spacial score (nSPS) is 22.4. The second-order valence-electron chi connectivity index (χ2n) is 6.38. The fourth-order valence-corrected chi connectivity index (χ4v) is 3.32. The first-order valence-electron chi connectivity index (χ1n) is 7.14. The number of fused-ring (bicyclic) bond motifs is 2. The average molecular weight is 434 g/mol. The summed E-state index contributed by atoms with van der Waals surface area (Å²) in [5.41, 5.74) is 0.928. The van der Waals surface area contributed by atoms with Gasteiger partial charge in [-0.25, -0.2) is 0 Å². The Morgan fingerprint density at radius 3 is 2.79 bits per heavy atom. The van der Waals surface area contributed by atoms with E-state index in [2.05, 4.69) is 25.6 Å². The number of nitrogens with one attached hydrogen (secondary N) is 1. The minimum atomic E-state index is -2.25. The first-order valence-corrected chi connectivity index (χ1v) is 9.42. The SMILES string of the molecule is CC(C)(C)[S+]([O-])N=c1c2c(oc3ccc(Br)cc13)=CNC(F)(Cl)C=2. The summed E-state index contributed by atoms with van der Waals surface area (Å²) >= 11 is 7.62. The second-order valence-corrected chi connectivity index (χ2v) is 9.75. The van der Waals surface area contributed by atoms with Gasteiger partial charge in [0.15, 0.2) is 5.42 Å². The molecule has 24 heavy (non-hydrogen) atoms. The minimum absolute atomic E-state index is 0.370. The van der Waals surface area contributed by atoms with Crippen LogP contribution in [0.4, 0.5) is 4.39 Å². The predicted octanol–water partition coefficient (Wildman–Crippen LogP) is 2.54. The molecule has 0 bridgehead atoms. The monoisotopic (exact) mass is 432 g/mol. The van der Waals surface area contributed by atoms with Gasteiger partial charge >= 0.3 is 0 Å². The largest absolute Gasteiger partial charge is 0.591 e. The van der Waals surface area contributed by atoms with Crippen molar-refractivity contribution in [3.8, 4) is 0 Å². The van der Waals surface area contributed by atoms with Crippen LogP contribution < -0.4 is 21.3 Å². The number of nitrogens with zero attached hydrogens (tertiary/aromatic N) is 1. The molecule has 4 nitrogen and oxygen atoms in total. The van der Waals surface area contributed by atoms with Crippen molar-refractivity contribution in [1.29, 1.82) is 0 Å². The molecule has 0 saturated carbocycles. The van der Waals surface area contributed by atoms with Crippen LogP contribution in [0.5, 0.6) is 0 Å². The van der Waals surface area contributed by atoms with E-state index in [4.69, 9.17) is 16.0 Å². The van der Waals surface area contributed by atoms with Gasteiger partial charge in [0.25, 0.3) is 5.25 Å². The maximum Gasteiger partial charge on any atom is 0.276 e. The summed E-state index contributed by atoms with van der Waals surface area (Å²) in [5, 5.41) is 1.53. The van der Waals surface area contributed by atoms with Gasteiger partial charge in [-0.05, 0) is 39.0 Å². The molecule has 0 fully saturated rings. The summed E-state index contributed by atoms with van der Waals surface area (Å²) in [4.78, 5) is 0. The third-order valence-electron chi connectivity index (χ3n) is 3.36. The highest BCUT2D eigenvalue weighted by Gasteiger charge is 2.28. The molecule has 0 aliphatic carbocycles. The van der Waals surface area contributed by atoms with Crippen LogP contribution in [0.25, 0.3) is 23.2 Å². The van der Waals surface area contributed by atoms with E-state index in [1.807, 2.05) is 26.8 Å². The molecule has 0 saturated heterocycles. The van der Waals surface area contributed by atoms with Crippen molar-refractivity contribution in [1.82, 2.24) is 5.32 Å². The molecule has 1 aliphatic heterocycles. The highest BCUT2D eigenvalue weighted by molar-refractivity contribution is 9.10. The zero-order chi connectivity index (χ0) is 17.7. The van der Waals surface area contributed by atoms with Gasteiger partial charge in [-0.1, -0.05) is 31.9 Å². The predicted molar refractivity (Wildman–Crippen MR) is 98.4 cm³/mol. The molecule has 1 aromatic heterocycles. The zero-order valence-electron chi connectivity index (χ0n) is 13.2. The third-order valence-corrected chi connectivity index (χ3v) is 5.46. The highest BCUT2D eigenvalue weighted by atomic mass is 79.9. The van der Waals surface area contributed by atoms with Crippen molar-refractivity contribution in [3.63, 3.8) is 0 Å². The number of hydrogen-bond acceptors (Lipinski definition) is 4. The first-order chi connectivity index (χ1) is 11.1. The summed E-state index contributed by atoms with van der Waals surface area (Å²) in [7, 11) is 0. The van der Waals surface area contributed by atoms with E-state index in [0.717, 1.165) is 4.47 Å². The fourth-order valence-electron chi connectivity index (χ4n) is 2.16. The Labute approximate surface area is 154 Å². The first kappa shape index (κ1) is 17.8. The fraction of sp³-hybridized carbons (Fsp3) is 0.312. The van der Waals surface area contributed by atoms with E-state index in [1.165, 1.54) is 12.3 Å². The molecular formula is C16H15BrClFN2O2S. The van der Waals surface area contributed by atoms with Crippen molar-refractivity contribution in [3.05, 3.63) is 38.7 Å². The van der Waals surface area contributed by atoms with Crippen LogP contribution in [0.15, 0.2) is 31.5 Å². The van der Waals surface area contributed by atoms with E-state index in [1.54, 1.807) is 12.1 Å². The van der Waals surface area contributed by atoms with E-state index in [9.17, 15) is 8.94 Å². The van der Waals surface area contributed by atoms with Crippen LogP contribution in [0.3, 0.4) is 0 Å². The molecule has 8 heteroatoms. The summed E-state index contributed by atoms with van der Waals surface area (Å²) < 4.78 is 37.1. The van der Waals surface area contributed by atoms with Gasteiger partial charge in [0.1, 0.15) is 27.0 Å². The molecule has 2 atom stereocenters. The van der Waals surface area contributed by atoms with Crippen molar-refractivity contribution in [2.45, 2.75) is 30.8 Å². The molecule has 0 radical (unpaired) electrons. The number of hydrogen-bond donors (Lipinski definition) is 1. The smallest absolute Gasteiger partial charge is 0.276 e. The van der Waals surface area contributed by atoms with E-state index < -0.39 is 21.4 Å². The van der Waals surface area contributed by atoms with E-state index in [-0.39, 0.29) is 0 Å². The summed E-state index contributed by atoms with van der Waals surface area (Å²) in [6, 6.07) is 5.39. The lowest BCUT2D eigenvalue weighted by Crippen LogP contribution is -2.49. The van der Waals surface area contributed by atoms with Crippen molar-refractivity contribution >= 4 is 62.1 Å². The van der Waals surface area contributed by atoms with Gasteiger partial charge < -0.3 is 14.3 Å². The van der Waals surface area contributed by atoms with Crippen molar-refractivity contribution < 1.29 is 13.4 Å². The molecule has 0 spiro atoms. The second kappa shape index (κ2) is 6.05. The third kappa shape index (κ3) is 3.49. The van der Waals surface area contributed by atoms with E-state index >= 15 is 0 Å². The van der Waals surface area contributed by atoms with Crippen molar-refractivity contribution in [2.75, 3.05) is 0 Å². The Morgan fingerprint density at radius 2 is 2.12 bits per heavy atom. The molecule has 1 aliphatic rings. The van der Waals surface area contributed by atoms with Crippen LogP contribution in [-0.4, -0.2) is 14.6 Å². The highest BCUT2D eigenvalue weighted by Crippen LogP contribution is 2.20. The molecule has 2 heterocycles. The summed E-state index contributed by atoms with van der Waals surface area (Å²) in [6.07, 6.45) is 2.52. The summed E-state index contributed by atoms with van der Waals surface area (Å²) in [5.74, 6) is 0. The quantitative estimate of drug-likeness (QED) is 0.427. The maximum atomic E-state index is 14.2. The molecule has 1 N–H and O–H groups in total.